The molecule has 1 aromatic heterocycles. The van der Waals surface area contributed by atoms with Gasteiger partial charge in [-0.25, -0.2) is 4.98 Å². The molecule has 27 heavy (non-hydrogen) atoms. The molecule has 0 spiro atoms. The quantitative estimate of drug-likeness (QED) is 0.777. The smallest absolute Gasteiger partial charge is 0.223 e. The lowest BCUT2D eigenvalue weighted by molar-refractivity contribution is -0.133. The lowest BCUT2D eigenvalue weighted by Gasteiger charge is -2.38. The Kier molecular flexibility index (Phi) is 5.79. The van der Waals surface area contributed by atoms with Crippen molar-refractivity contribution >= 4 is 17.5 Å². The second-order valence-electron chi connectivity index (χ2n) is 7.48. The van der Waals surface area contributed by atoms with Crippen LogP contribution in [0.4, 0.5) is 0 Å². The van der Waals surface area contributed by atoms with Gasteiger partial charge in [-0.3, -0.25) is 9.69 Å². The van der Waals surface area contributed by atoms with Crippen molar-refractivity contribution in [3.8, 4) is 11.3 Å². The van der Waals surface area contributed by atoms with Crippen molar-refractivity contribution in [2.45, 2.75) is 44.6 Å². The maximum Gasteiger partial charge on any atom is 0.223 e. The molecule has 0 bridgehead atoms. The zero-order chi connectivity index (χ0) is 18.6. The van der Waals surface area contributed by atoms with Crippen LogP contribution in [-0.4, -0.2) is 52.9 Å². The number of aryl methyl sites for hydroxylation is 1. The number of hydrogen-bond donors (Lipinski definition) is 0. The van der Waals surface area contributed by atoms with Crippen molar-refractivity contribution in [3.63, 3.8) is 0 Å². The van der Waals surface area contributed by atoms with E-state index in [-0.39, 0.29) is 5.91 Å². The van der Waals surface area contributed by atoms with Crippen LogP contribution < -0.4 is 0 Å². The van der Waals surface area contributed by atoms with Gasteiger partial charge in [0.25, 0.3) is 0 Å². The Balaban J connectivity index is 1.25. The number of aromatic nitrogens is 1. The van der Waals surface area contributed by atoms with Crippen molar-refractivity contribution in [2.24, 2.45) is 0 Å². The molecule has 144 valence electrons. The van der Waals surface area contributed by atoms with Gasteiger partial charge in [-0.2, -0.15) is 0 Å². The van der Waals surface area contributed by atoms with Crippen molar-refractivity contribution in [1.29, 1.82) is 0 Å². The Morgan fingerprint density at radius 2 is 1.81 bits per heavy atom. The summed E-state index contributed by atoms with van der Waals surface area (Å²) < 4.78 is 5.80. The van der Waals surface area contributed by atoms with Crippen molar-refractivity contribution in [2.75, 3.05) is 26.2 Å². The monoisotopic (exact) mass is 387 g/mol. The van der Waals surface area contributed by atoms with Gasteiger partial charge in [0.2, 0.25) is 5.91 Å². The fourth-order valence-corrected chi connectivity index (χ4v) is 4.28. The molecule has 2 heterocycles. The van der Waals surface area contributed by atoms with Crippen LogP contribution in [-0.2, 0) is 11.2 Å². The maximum atomic E-state index is 12.5. The van der Waals surface area contributed by atoms with Gasteiger partial charge in [0.05, 0.1) is 6.20 Å². The van der Waals surface area contributed by atoms with E-state index < -0.39 is 0 Å². The zero-order valence-electron chi connectivity index (χ0n) is 15.6. The molecule has 2 fully saturated rings. The SMILES string of the molecule is O=C(CCc1ncc(-c2ccc(Cl)cc2)o1)N1CCN(C2CCCC2)CC1. The third kappa shape index (κ3) is 4.53. The van der Waals surface area contributed by atoms with Gasteiger partial charge in [-0.1, -0.05) is 24.4 Å². The van der Waals surface area contributed by atoms with Crippen LogP contribution in [0.3, 0.4) is 0 Å². The molecule has 1 aliphatic heterocycles. The van der Waals surface area contributed by atoms with Crippen LogP contribution in [0.2, 0.25) is 5.02 Å². The van der Waals surface area contributed by atoms with E-state index in [4.69, 9.17) is 16.0 Å². The molecule has 5 nitrogen and oxygen atoms in total. The van der Waals surface area contributed by atoms with E-state index in [0.717, 1.165) is 37.8 Å². The minimum absolute atomic E-state index is 0.201. The Bertz CT molecular complexity index is 760. The van der Waals surface area contributed by atoms with Gasteiger partial charge < -0.3 is 9.32 Å². The van der Waals surface area contributed by atoms with Gasteiger partial charge >= 0.3 is 0 Å². The Hall–Kier alpha value is -1.85. The minimum Gasteiger partial charge on any atom is -0.441 e. The molecule has 1 aromatic carbocycles. The summed E-state index contributed by atoms with van der Waals surface area (Å²) in [6.07, 6.45) is 8.07. The second kappa shape index (κ2) is 8.44. The summed E-state index contributed by atoms with van der Waals surface area (Å²) in [5, 5.41) is 0.692. The molecule has 6 heteroatoms. The van der Waals surface area contributed by atoms with E-state index in [1.807, 2.05) is 29.2 Å². The topological polar surface area (TPSA) is 49.6 Å². The second-order valence-corrected chi connectivity index (χ2v) is 7.92. The Morgan fingerprint density at radius 1 is 1.11 bits per heavy atom. The predicted molar refractivity (Wildman–Crippen MR) is 106 cm³/mol. The largest absolute Gasteiger partial charge is 0.441 e. The van der Waals surface area contributed by atoms with E-state index in [1.54, 1.807) is 6.20 Å². The highest BCUT2D eigenvalue weighted by atomic mass is 35.5. The summed E-state index contributed by atoms with van der Waals surface area (Å²) >= 11 is 5.92. The van der Waals surface area contributed by atoms with E-state index >= 15 is 0 Å². The number of nitrogens with zero attached hydrogens (tertiary/aromatic N) is 3. The summed E-state index contributed by atoms with van der Waals surface area (Å²) in [6, 6.07) is 8.21. The first-order chi connectivity index (χ1) is 13.2. The zero-order valence-corrected chi connectivity index (χ0v) is 16.3. The highest BCUT2D eigenvalue weighted by Crippen LogP contribution is 2.25. The van der Waals surface area contributed by atoms with E-state index in [2.05, 4.69) is 9.88 Å². The summed E-state index contributed by atoms with van der Waals surface area (Å²) in [4.78, 5) is 21.4. The number of rotatable bonds is 5. The van der Waals surface area contributed by atoms with Crippen LogP contribution in [0.25, 0.3) is 11.3 Å². The third-order valence-corrected chi connectivity index (χ3v) is 6.00. The van der Waals surface area contributed by atoms with Crippen molar-refractivity contribution in [1.82, 2.24) is 14.8 Å². The fraction of sp³-hybridized carbons (Fsp3) is 0.524. The van der Waals surface area contributed by atoms with Crippen LogP contribution in [0.15, 0.2) is 34.9 Å². The number of piperazine rings is 1. The first-order valence-electron chi connectivity index (χ1n) is 9.91. The first-order valence-corrected chi connectivity index (χ1v) is 10.3. The molecule has 0 N–H and O–H groups in total. The lowest BCUT2D eigenvalue weighted by Crippen LogP contribution is -2.51. The highest BCUT2D eigenvalue weighted by Gasteiger charge is 2.27. The van der Waals surface area contributed by atoms with Gasteiger partial charge in [-0.15, -0.1) is 0 Å². The molecular formula is C21H26ClN3O2. The van der Waals surface area contributed by atoms with Crippen LogP contribution in [0, 0.1) is 0 Å². The number of carbonyl (C=O) groups is 1. The lowest BCUT2D eigenvalue weighted by atomic mass is 10.1. The van der Waals surface area contributed by atoms with E-state index in [9.17, 15) is 4.79 Å². The van der Waals surface area contributed by atoms with E-state index in [1.165, 1.54) is 25.7 Å². The minimum atomic E-state index is 0.201. The average Bonchev–Trinajstić information content (AvgIpc) is 3.39. The van der Waals surface area contributed by atoms with Crippen LogP contribution >= 0.6 is 11.6 Å². The average molecular weight is 388 g/mol. The molecule has 1 amide bonds. The van der Waals surface area contributed by atoms with Crippen molar-refractivity contribution in [3.05, 3.63) is 41.4 Å². The molecule has 0 unspecified atom stereocenters. The highest BCUT2D eigenvalue weighted by molar-refractivity contribution is 6.30. The third-order valence-electron chi connectivity index (χ3n) is 5.74. The molecule has 0 radical (unpaired) electrons. The van der Waals surface area contributed by atoms with E-state index in [0.29, 0.717) is 29.5 Å². The molecule has 4 rings (SSSR count). The van der Waals surface area contributed by atoms with Crippen molar-refractivity contribution < 1.29 is 9.21 Å². The first kappa shape index (κ1) is 18.5. The normalized spacial score (nSPS) is 18.9. The fourth-order valence-electron chi connectivity index (χ4n) is 4.15. The molecule has 1 saturated carbocycles. The standard InChI is InChI=1S/C21H26ClN3O2/c22-17-7-5-16(6-8-17)19-15-23-20(27-19)9-10-21(26)25-13-11-24(12-14-25)18-3-1-2-4-18/h5-8,15,18H,1-4,9-14H2. The molecular weight excluding hydrogens is 362 g/mol. The van der Waals surface area contributed by atoms with Gasteiger partial charge in [0.15, 0.2) is 11.7 Å². The summed E-state index contributed by atoms with van der Waals surface area (Å²) in [5.74, 6) is 1.52. The number of hydrogen-bond acceptors (Lipinski definition) is 4. The predicted octanol–water partition coefficient (Wildman–Crippen LogP) is 4.01. The number of oxazole rings is 1. The Labute approximate surface area is 165 Å². The van der Waals surface area contributed by atoms with Crippen LogP contribution in [0.5, 0.6) is 0 Å². The van der Waals surface area contributed by atoms with Gasteiger partial charge in [-0.05, 0) is 37.1 Å². The summed E-state index contributed by atoms with van der Waals surface area (Å²) in [6.45, 7) is 3.71. The molecule has 1 aliphatic carbocycles. The maximum absolute atomic E-state index is 12.5. The summed E-state index contributed by atoms with van der Waals surface area (Å²) in [5.41, 5.74) is 0.938. The number of halogens is 1. The molecule has 1 saturated heterocycles. The molecule has 2 aliphatic rings. The Morgan fingerprint density at radius 3 is 2.52 bits per heavy atom. The number of amides is 1. The molecule has 2 aromatic rings. The summed E-state index contributed by atoms with van der Waals surface area (Å²) in [7, 11) is 0. The van der Waals surface area contributed by atoms with Gasteiger partial charge in [0.1, 0.15) is 0 Å². The molecule has 0 atom stereocenters. The van der Waals surface area contributed by atoms with Crippen LogP contribution in [0.1, 0.15) is 38.0 Å². The number of benzene rings is 1. The van der Waals surface area contributed by atoms with Gasteiger partial charge in [0, 0.05) is 55.6 Å². The number of carbonyl (C=O) groups excluding carboxylic acids is 1.